The number of aromatic nitrogens is 2. The molecule has 3 heterocycles. The van der Waals surface area contributed by atoms with Crippen LogP contribution >= 0.6 is 11.3 Å². The van der Waals surface area contributed by atoms with E-state index in [0.29, 0.717) is 31.0 Å². The van der Waals surface area contributed by atoms with E-state index in [0.717, 1.165) is 18.4 Å². The van der Waals surface area contributed by atoms with Gasteiger partial charge in [0, 0.05) is 18.0 Å². The monoisotopic (exact) mass is 333 g/mol. The maximum absolute atomic E-state index is 12.7. The van der Waals surface area contributed by atoms with Crippen molar-refractivity contribution in [2.24, 2.45) is 0 Å². The second-order valence-electron chi connectivity index (χ2n) is 6.06. The highest BCUT2D eigenvalue weighted by Gasteiger charge is 2.21. The van der Waals surface area contributed by atoms with Gasteiger partial charge in [0.1, 0.15) is 11.2 Å². The summed E-state index contributed by atoms with van der Waals surface area (Å²) in [5, 5.41) is 0. The van der Waals surface area contributed by atoms with E-state index in [4.69, 9.17) is 4.74 Å². The summed E-state index contributed by atoms with van der Waals surface area (Å²) in [6.07, 6.45) is 5.94. The molecule has 0 radical (unpaired) electrons. The zero-order valence-electron chi connectivity index (χ0n) is 12.9. The van der Waals surface area contributed by atoms with Crippen molar-refractivity contribution in [2.75, 3.05) is 26.3 Å². The fraction of sp³-hybridized carbons (Fsp3) is 0.562. The molecule has 2 aliphatic rings. The second-order valence-corrected chi connectivity index (χ2v) is 7.16. The molecule has 7 heteroatoms. The maximum atomic E-state index is 12.7. The van der Waals surface area contributed by atoms with Gasteiger partial charge in [0.25, 0.3) is 5.56 Å². The first-order chi connectivity index (χ1) is 11.2. The number of rotatable bonds is 2. The van der Waals surface area contributed by atoms with Crippen LogP contribution in [0.5, 0.6) is 0 Å². The molecule has 0 saturated carbocycles. The first-order valence-corrected chi connectivity index (χ1v) is 8.91. The van der Waals surface area contributed by atoms with Crippen molar-refractivity contribution in [1.29, 1.82) is 0 Å². The highest BCUT2D eigenvalue weighted by molar-refractivity contribution is 7.19. The molecule has 4 rings (SSSR count). The first-order valence-electron chi connectivity index (χ1n) is 8.09. The average molecular weight is 333 g/mol. The van der Waals surface area contributed by atoms with Crippen LogP contribution in [0.3, 0.4) is 0 Å². The Balaban J connectivity index is 1.64. The van der Waals surface area contributed by atoms with E-state index in [1.54, 1.807) is 16.2 Å². The van der Waals surface area contributed by atoms with Crippen molar-refractivity contribution in [3.05, 3.63) is 27.1 Å². The fourth-order valence-corrected chi connectivity index (χ4v) is 4.60. The third-order valence-electron chi connectivity index (χ3n) is 4.59. The Kier molecular flexibility index (Phi) is 3.90. The Bertz CT molecular complexity index is 805. The Labute approximate surface area is 137 Å². The number of nitrogens with zero attached hydrogens (tertiary/aromatic N) is 3. The number of morpholine rings is 1. The molecule has 6 nitrogen and oxygen atoms in total. The fourth-order valence-electron chi connectivity index (χ4n) is 3.31. The Morgan fingerprint density at radius 2 is 2.04 bits per heavy atom. The van der Waals surface area contributed by atoms with E-state index in [1.165, 1.54) is 34.2 Å². The lowest BCUT2D eigenvalue weighted by molar-refractivity contribution is -0.135. The van der Waals surface area contributed by atoms with Crippen LogP contribution < -0.4 is 5.56 Å². The van der Waals surface area contributed by atoms with Gasteiger partial charge in [-0.15, -0.1) is 11.3 Å². The van der Waals surface area contributed by atoms with Gasteiger partial charge in [-0.05, 0) is 31.2 Å². The van der Waals surface area contributed by atoms with E-state index in [-0.39, 0.29) is 18.0 Å². The molecular weight excluding hydrogens is 314 g/mol. The Hall–Kier alpha value is -1.73. The summed E-state index contributed by atoms with van der Waals surface area (Å²) in [5.74, 6) is -0.0436. The van der Waals surface area contributed by atoms with Crippen molar-refractivity contribution in [1.82, 2.24) is 14.5 Å². The molecule has 0 N–H and O–H groups in total. The number of hydrogen-bond donors (Lipinski definition) is 0. The Morgan fingerprint density at radius 1 is 1.26 bits per heavy atom. The van der Waals surface area contributed by atoms with Crippen LogP contribution in [0, 0.1) is 0 Å². The van der Waals surface area contributed by atoms with Crippen LogP contribution in [0.4, 0.5) is 0 Å². The predicted octanol–water partition coefficient (Wildman–Crippen LogP) is 1.20. The lowest BCUT2D eigenvalue weighted by atomic mass is 9.98. The zero-order valence-corrected chi connectivity index (χ0v) is 13.7. The minimum absolute atomic E-state index is 0.0436. The van der Waals surface area contributed by atoms with Crippen LogP contribution in [0.15, 0.2) is 11.1 Å². The number of ether oxygens (including phenoxy) is 1. The van der Waals surface area contributed by atoms with Crippen molar-refractivity contribution in [2.45, 2.75) is 32.2 Å². The van der Waals surface area contributed by atoms with E-state index in [1.807, 2.05) is 0 Å². The number of amides is 1. The van der Waals surface area contributed by atoms with E-state index in [2.05, 4.69) is 4.98 Å². The summed E-state index contributed by atoms with van der Waals surface area (Å²) in [6.45, 7) is 2.38. The average Bonchev–Trinajstić information content (AvgIpc) is 2.98. The van der Waals surface area contributed by atoms with Crippen molar-refractivity contribution < 1.29 is 9.53 Å². The molecule has 1 amide bonds. The number of carbonyl (C=O) groups is 1. The smallest absolute Gasteiger partial charge is 0.271 e. The minimum Gasteiger partial charge on any atom is -0.378 e. The van der Waals surface area contributed by atoms with Gasteiger partial charge in [0.05, 0.1) is 25.1 Å². The molecule has 23 heavy (non-hydrogen) atoms. The molecule has 1 aliphatic heterocycles. The van der Waals surface area contributed by atoms with Crippen LogP contribution in [-0.4, -0.2) is 46.7 Å². The molecule has 122 valence electrons. The van der Waals surface area contributed by atoms with Gasteiger partial charge in [-0.1, -0.05) is 0 Å². The molecule has 2 aromatic rings. The summed E-state index contributed by atoms with van der Waals surface area (Å²) >= 11 is 1.56. The van der Waals surface area contributed by atoms with Crippen LogP contribution in [0.2, 0.25) is 0 Å². The highest BCUT2D eigenvalue weighted by Crippen LogP contribution is 2.33. The molecule has 0 aromatic carbocycles. The minimum atomic E-state index is -0.0870. The van der Waals surface area contributed by atoms with Gasteiger partial charge in [-0.2, -0.15) is 0 Å². The molecule has 0 atom stereocenters. The topological polar surface area (TPSA) is 64.4 Å². The van der Waals surface area contributed by atoms with Crippen molar-refractivity contribution >= 4 is 27.5 Å². The molecule has 0 bridgehead atoms. The van der Waals surface area contributed by atoms with E-state index < -0.39 is 0 Å². The molecule has 1 saturated heterocycles. The van der Waals surface area contributed by atoms with Gasteiger partial charge < -0.3 is 9.64 Å². The normalized spacial score (nSPS) is 18.2. The van der Waals surface area contributed by atoms with Gasteiger partial charge in [0.2, 0.25) is 5.91 Å². The first kappa shape index (κ1) is 14.8. The van der Waals surface area contributed by atoms with E-state index >= 15 is 0 Å². The Morgan fingerprint density at radius 3 is 2.87 bits per heavy atom. The molecule has 0 unspecified atom stereocenters. The van der Waals surface area contributed by atoms with Gasteiger partial charge in [-0.3, -0.25) is 14.2 Å². The highest BCUT2D eigenvalue weighted by atomic mass is 32.1. The van der Waals surface area contributed by atoms with Crippen molar-refractivity contribution in [3.8, 4) is 0 Å². The molecule has 2 aromatic heterocycles. The third kappa shape index (κ3) is 2.68. The van der Waals surface area contributed by atoms with Crippen LogP contribution in [0.25, 0.3) is 10.2 Å². The molecule has 0 spiro atoms. The lowest BCUT2D eigenvalue weighted by Gasteiger charge is -2.26. The second kappa shape index (κ2) is 6.05. The quantitative estimate of drug-likeness (QED) is 0.828. The van der Waals surface area contributed by atoms with Crippen molar-refractivity contribution in [3.63, 3.8) is 0 Å². The molecule has 1 aliphatic carbocycles. The lowest BCUT2D eigenvalue weighted by Crippen LogP contribution is -2.43. The number of hydrogen-bond acceptors (Lipinski definition) is 5. The summed E-state index contributed by atoms with van der Waals surface area (Å²) in [4.78, 5) is 32.6. The standard InChI is InChI=1S/C16H19N3O3S/c20-13(18-5-7-22-8-6-18)9-19-10-17-14-11-3-1-2-4-12(11)23-15(14)16(19)21/h10H,1-9H2. The van der Waals surface area contributed by atoms with Crippen LogP contribution in [-0.2, 0) is 28.9 Å². The van der Waals surface area contributed by atoms with Gasteiger partial charge in [0.15, 0.2) is 0 Å². The summed E-state index contributed by atoms with van der Waals surface area (Å²) < 4.78 is 7.40. The largest absolute Gasteiger partial charge is 0.378 e. The van der Waals surface area contributed by atoms with Crippen LogP contribution in [0.1, 0.15) is 23.3 Å². The summed E-state index contributed by atoms with van der Waals surface area (Å²) in [7, 11) is 0. The SMILES string of the molecule is O=C(Cn1cnc2c3c(sc2c1=O)CCCC3)N1CCOCC1. The predicted molar refractivity (Wildman–Crippen MR) is 87.9 cm³/mol. The maximum Gasteiger partial charge on any atom is 0.271 e. The van der Waals surface area contributed by atoms with E-state index in [9.17, 15) is 9.59 Å². The number of thiophene rings is 1. The molecule has 1 fully saturated rings. The molecular formula is C16H19N3O3S. The summed E-state index contributed by atoms with van der Waals surface area (Å²) in [5.41, 5.74) is 2.01. The van der Waals surface area contributed by atoms with Gasteiger partial charge in [-0.25, -0.2) is 4.98 Å². The van der Waals surface area contributed by atoms with Gasteiger partial charge >= 0.3 is 0 Å². The number of aryl methyl sites for hydroxylation is 2. The summed E-state index contributed by atoms with van der Waals surface area (Å²) in [6, 6.07) is 0. The third-order valence-corrected chi connectivity index (χ3v) is 5.86. The number of carbonyl (C=O) groups excluding carboxylic acids is 1. The zero-order chi connectivity index (χ0) is 15.8. The number of fused-ring (bicyclic) bond motifs is 3.